The first-order chi connectivity index (χ1) is 16.0. The Labute approximate surface area is 201 Å². The number of rotatable bonds is 6. The van der Waals surface area contributed by atoms with E-state index < -0.39 is 16.1 Å². The number of nitrogens with one attached hydrogen (secondary N) is 1. The molecule has 0 fully saturated rings. The highest BCUT2D eigenvalue weighted by molar-refractivity contribution is 7.98. The van der Waals surface area contributed by atoms with Crippen molar-refractivity contribution in [3.63, 3.8) is 0 Å². The molecule has 3 heterocycles. The van der Waals surface area contributed by atoms with Gasteiger partial charge in [0.2, 0.25) is 10.0 Å². The lowest BCUT2D eigenvalue weighted by Gasteiger charge is -2.21. The largest absolute Gasteiger partial charge is 0.490 e. The first-order valence-electron chi connectivity index (χ1n) is 10.4. The van der Waals surface area contributed by atoms with Crippen LogP contribution in [0.4, 0.5) is 0 Å². The second-order valence-corrected chi connectivity index (χ2v) is 11.1. The predicted octanol–water partition coefficient (Wildman–Crippen LogP) is 5.25. The molecule has 9 heteroatoms. The molecule has 0 saturated heterocycles. The third kappa shape index (κ3) is 4.59. The molecule has 0 saturated carbocycles. The molecule has 0 amide bonds. The minimum atomic E-state index is -3.87. The third-order valence-corrected chi connectivity index (χ3v) is 8.71. The van der Waals surface area contributed by atoms with Crippen molar-refractivity contribution < 1.29 is 17.9 Å². The Morgan fingerprint density at radius 1 is 1.03 bits per heavy atom. The van der Waals surface area contributed by atoms with Crippen LogP contribution in [-0.2, 0) is 10.0 Å². The van der Waals surface area contributed by atoms with Crippen LogP contribution in [0.25, 0.3) is 10.2 Å². The summed E-state index contributed by atoms with van der Waals surface area (Å²) in [5.74, 6) is 1.01. The Balaban J connectivity index is 1.57. The number of benzene rings is 2. The molecule has 6 nitrogen and oxygen atoms in total. The number of aromatic nitrogens is 1. The summed E-state index contributed by atoms with van der Waals surface area (Å²) in [5.41, 5.74) is 0.898. The molecule has 1 aliphatic rings. The standard InChI is InChI=1S/C24H22N2O4S3/c1-31-21-8-3-2-7-18(21)23(22-14-16-6-4-11-25-24(16)32-22)26-33(27,28)17-9-10-19-20(15-17)30-13-5-12-29-19/h2-4,6-11,14-15,23,26H,5,12-13H2,1H3. The van der Waals surface area contributed by atoms with Gasteiger partial charge in [0, 0.05) is 33.8 Å². The minimum Gasteiger partial charge on any atom is -0.490 e. The van der Waals surface area contributed by atoms with Crippen LogP contribution < -0.4 is 14.2 Å². The monoisotopic (exact) mass is 498 g/mol. The summed E-state index contributed by atoms with van der Waals surface area (Å²) in [7, 11) is -3.87. The highest BCUT2D eigenvalue weighted by Crippen LogP contribution is 2.38. The summed E-state index contributed by atoms with van der Waals surface area (Å²) in [6.45, 7) is 1.04. The molecule has 0 aliphatic carbocycles. The normalized spacial score (nSPS) is 14.7. The van der Waals surface area contributed by atoms with Crippen LogP contribution in [0.15, 0.2) is 76.7 Å². The van der Waals surface area contributed by atoms with Gasteiger partial charge in [0.1, 0.15) is 4.83 Å². The van der Waals surface area contributed by atoms with E-state index in [0.29, 0.717) is 24.7 Å². The van der Waals surface area contributed by atoms with Gasteiger partial charge in [0.15, 0.2) is 11.5 Å². The average Bonchev–Trinajstić information content (AvgIpc) is 3.12. The highest BCUT2D eigenvalue weighted by Gasteiger charge is 2.27. The van der Waals surface area contributed by atoms with Crippen LogP contribution in [0.1, 0.15) is 22.9 Å². The summed E-state index contributed by atoms with van der Waals surface area (Å²) in [6.07, 6.45) is 4.48. The average molecular weight is 499 g/mol. The zero-order chi connectivity index (χ0) is 22.8. The van der Waals surface area contributed by atoms with Crippen molar-refractivity contribution >= 4 is 43.3 Å². The number of thiophene rings is 1. The van der Waals surface area contributed by atoms with Gasteiger partial charge in [-0.3, -0.25) is 0 Å². The van der Waals surface area contributed by atoms with Gasteiger partial charge in [0.05, 0.1) is 24.2 Å². The van der Waals surface area contributed by atoms with Gasteiger partial charge in [-0.15, -0.1) is 23.1 Å². The maximum atomic E-state index is 13.6. The number of nitrogens with zero attached hydrogens (tertiary/aromatic N) is 1. The van der Waals surface area contributed by atoms with Gasteiger partial charge in [-0.05, 0) is 42.2 Å². The summed E-state index contributed by atoms with van der Waals surface area (Å²) >= 11 is 3.07. The van der Waals surface area contributed by atoms with E-state index in [-0.39, 0.29) is 4.90 Å². The fraction of sp³-hybridized carbons (Fsp3) is 0.208. The lowest BCUT2D eigenvalue weighted by atomic mass is 10.1. The lowest BCUT2D eigenvalue weighted by molar-refractivity contribution is 0.297. The minimum absolute atomic E-state index is 0.137. The second kappa shape index (κ2) is 9.34. The number of pyridine rings is 1. The molecule has 33 heavy (non-hydrogen) atoms. The Bertz CT molecular complexity index is 1370. The van der Waals surface area contributed by atoms with Crippen molar-refractivity contribution in [2.75, 3.05) is 19.5 Å². The van der Waals surface area contributed by atoms with Gasteiger partial charge >= 0.3 is 0 Å². The summed E-state index contributed by atoms with van der Waals surface area (Å²) in [4.78, 5) is 7.33. The van der Waals surface area contributed by atoms with Crippen LogP contribution in [0.5, 0.6) is 11.5 Å². The van der Waals surface area contributed by atoms with Crippen LogP contribution in [0.3, 0.4) is 0 Å². The highest BCUT2D eigenvalue weighted by atomic mass is 32.2. The third-order valence-electron chi connectivity index (χ3n) is 5.35. The van der Waals surface area contributed by atoms with Crippen molar-refractivity contribution in [2.24, 2.45) is 0 Å². The Morgan fingerprint density at radius 3 is 2.67 bits per heavy atom. The van der Waals surface area contributed by atoms with Gasteiger partial charge in [0.25, 0.3) is 0 Å². The van der Waals surface area contributed by atoms with Crippen LogP contribution >= 0.6 is 23.1 Å². The first-order valence-corrected chi connectivity index (χ1v) is 14.0. The fourth-order valence-electron chi connectivity index (χ4n) is 3.75. The number of hydrogen-bond acceptors (Lipinski definition) is 7. The molecule has 0 spiro atoms. The molecule has 1 unspecified atom stereocenters. The van der Waals surface area contributed by atoms with Gasteiger partial charge in [-0.2, -0.15) is 4.72 Å². The number of hydrogen-bond donors (Lipinski definition) is 1. The number of sulfonamides is 1. The molecule has 1 atom stereocenters. The maximum absolute atomic E-state index is 13.6. The van der Waals surface area contributed by atoms with Crippen LogP contribution in [0.2, 0.25) is 0 Å². The predicted molar refractivity (Wildman–Crippen MR) is 132 cm³/mol. The molecule has 1 N–H and O–H groups in total. The molecule has 4 aromatic rings. The summed E-state index contributed by atoms with van der Waals surface area (Å²) in [6, 6.07) is 17.9. The molecule has 2 aromatic carbocycles. The van der Waals surface area contributed by atoms with Crippen molar-refractivity contribution in [3.8, 4) is 11.5 Å². The van der Waals surface area contributed by atoms with E-state index in [1.165, 1.54) is 17.4 Å². The van der Waals surface area contributed by atoms with Gasteiger partial charge < -0.3 is 9.47 Å². The van der Waals surface area contributed by atoms with E-state index in [4.69, 9.17) is 9.47 Å². The molecular weight excluding hydrogens is 476 g/mol. The van der Waals surface area contributed by atoms with E-state index >= 15 is 0 Å². The molecule has 170 valence electrons. The quantitative estimate of drug-likeness (QED) is 0.366. The molecular formula is C24H22N2O4S3. The lowest BCUT2D eigenvalue weighted by Crippen LogP contribution is -2.29. The fourth-order valence-corrected chi connectivity index (χ4v) is 6.74. The van der Waals surface area contributed by atoms with E-state index in [1.807, 2.05) is 48.7 Å². The van der Waals surface area contributed by atoms with Crippen molar-refractivity contribution in [2.45, 2.75) is 22.3 Å². The van der Waals surface area contributed by atoms with E-state index in [0.717, 1.165) is 32.0 Å². The zero-order valence-electron chi connectivity index (χ0n) is 17.9. The Kier molecular flexibility index (Phi) is 6.29. The van der Waals surface area contributed by atoms with Gasteiger partial charge in [-0.1, -0.05) is 24.3 Å². The molecule has 1 aliphatic heterocycles. The summed E-state index contributed by atoms with van der Waals surface area (Å²) < 4.78 is 41.4. The Hall–Kier alpha value is -2.59. The SMILES string of the molecule is CSc1ccccc1C(NS(=O)(=O)c1ccc2c(c1)OCCCO2)c1cc2cccnc2s1. The van der Waals surface area contributed by atoms with E-state index in [9.17, 15) is 8.42 Å². The summed E-state index contributed by atoms with van der Waals surface area (Å²) in [5, 5.41) is 0.985. The van der Waals surface area contributed by atoms with Crippen molar-refractivity contribution in [1.82, 2.24) is 9.71 Å². The number of ether oxygens (including phenoxy) is 2. The Morgan fingerprint density at radius 2 is 1.85 bits per heavy atom. The van der Waals surface area contributed by atoms with Crippen LogP contribution in [0, 0.1) is 0 Å². The molecule has 2 aromatic heterocycles. The molecule has 0 bridgehead atoms. The maximum Gasteiger partial charge on any atom is 0.241 e. The second-order valence-electron chi connectivity index (χ2n) is 7.50. The van der Waals surface area contributed by atoms with E-state index in [1.54, 1.807) is 30.1 Å². The zero-order valence-corrected chi connectivity index (χ0v) is 20.3. The molecule has 0 radical (unpaired) electrons. The number of thioether (sulfide) groups is 1. The van der Waals surface area contributed by atoms with E-state index in [2.05, 4.69) is 9.71 Å². The first kappa shape index (κ1) is 22.2. The number of fused-ring (bicyclic) bond motifs is 2. The van der Waals surface area contributed by atoms with Crippen molar-refractivity contribution in [1.29, 1.82) is 0 Å². The topological polar surface area (TPSA) is 77.5 Å². The molecule has 5 rings (SSSR count). The van der Waals surface area contributed by atoms with Crippen molar-refractivity contribution in [3.05, 3.63) is 77.3 Å². The van der Waals surface area contributed by atoms with Gasteiger partial charge in [-0.25, -0.2) is 13.4 Å². The van der Waals surface area contributed by atoms with Crippen LogP contribution in [-0.4, -0.2) is 32.9 Å². The smallest absolute Gasteiger partial charge is 0.241 e.